The highest BCUT2D eigenvalue weighted by atomic mass is 19.1. The molecule has 0 aliphatic rings. The Morgan fingerprint density at radius 2 is 1.77 bits per heavy atom. The number of alkyl halides is 1. The van der Waals surface area contributed by atoms with Gasteiger partial charge in [-0.25, -0.2) is 9.18 Å². The fourth-order valence-corrected chi connectivity index (χ4v) is 2.20. The highest BCUT2D eigenvalue weighted by Crippen LogP contribution is 2.07. The second-order valence-electron chi connectivity index (χ2n) is 6.23. The van der Waals surface area contributed by atoms with E-state index in [1.807, 2.05) is 32.0 Å². The molecule has 0 aliphatic heterocycles. The van der Waals surface area contributed by atoms with Gasteiger partial charge in [-0.1, -0.05) is 44.2 Å². The van der Waals surface area contributed by atoms with Gasteiger partial charge in [0.15, 0.2) is 5.78 Å². The molecule has 0 heterocycles. The van der Waals surface area contributed by atoms with Crippen LogP contribution in [-0.4, -0.2) is 48.3 Å². The van der Waals surface area contributed by atoms with Crippen LogP contribution in [0.2, 0.25) is 0 Å². The molecule has 0 spiro atoms. The SMILES string of the molecule is CC(C)C[C@H](NC(=O)OCc1ccccc1)C(=O)N[C@H](CO)C(=O)CF. The number of carbonyl (C=O) groups excluding carboxylic acids is 3. The summed E-state index contributed by atoms with van der Waals surface area (Å²) in [4.78, 5) is 35.6. The summed E-state index contributed by atoms with van der Waals surface area (Å²) in [6.45, 7) is 1.73. The zero-order valence-corrected chi connectivity index (χ0v) is 14.9. The quantitative estimate of drug-likeness (QED) is 0.578. The maximum atomic E-state index is 12.5. The van der Waals surface area contributed by atoms with Gasteiger partial charge in [0, 0.05) is 0 Å². The van der Waals surface area contributed by atoms with Crippen molar-refractivity contribution in [3.05, 3.63) is 35.9 Å². The van der Waals surface area contributed by atoms with E-state index in [0.29, 0.717) is 0 Å². The van der Waals surface area contributed by atoms with Gasteiger partial charge in [0.1, 0.15) is 25.4 Å². The maximum absolute atomic E-state index is 12.5. The van der Waals surface area contributed by atoms with Gasteiger partial charge in [-0.3, -0.25) is 9.59 Å². The molecule has 1 rings (SSSR count). The van der Waals surface area contributed by atoms with Crippen LogP contribution in [-0.2, 0) is 20.9 Å². The van der Waals surface area contributed by atoms with Crippen LogP contribution in [0.3, 0.4) is 0 Å². The lowest BCUT2D eigenvalue weighted by Crippen LogP contribution is -2.53. The number of benzene rings is 1. The molecule has 0 saturated heterocycles. The smallest absolute Gasteiger partial charge is 0.408 e. The zero-order chi connectivity index (χ0) is 19.5. The summed E-state index contributed by atoms with van der Waals surface area (Å²) in [7, 11) is 0. The first-order valence-electron chi connectivity index (χ1n) is 8.34. The van der Waals surface area contributed by atoms with Crippen molar-refractivity contribution in [1.82, 2.24) is 10.6 Å². The van der Waals surface area contributed by atoms with Gasteiger partial charge < -0.3 is 20.5 Å². The van der Waals surface area contributed by atoms with Gasteiger partial charge in [-0.15, -0.1) is 0 Å². The van der Waals surface area contributed by atoms with E-state index in [1.54, 1.807) is 12.1 Å². The van der Waals surface area contributed by atoms with E-state index in [4.69, 9.17) is 9.84 Å². The maximum Gasteiger partial charge on any atom is 0.408 e. The van der Waals surface area contributed by atoms with Crippen LogP contribution in [0.25, 0.3) is 0 Å². The first-order chi connectivity index (χ1) is 12.4. The fraction of sp³-hybridized carbons (Fsp3) is 0.500. The molecule has 0 fully saturated rings. The molecule has 7 nitrogen and oxygen atoms in total. The highest BCUT2D eigenvalue weighted by Gasteiger charge is 2.27. The Labute approximate surface area is 151 Å². The molecule has 0 bridgehead atoms. The third-order valence-corrected chi connectivity index (χ3v) is 3.55. The molecule has 2 amide bonds. The summed E-state index contributed by atoms with van der Waals surface area (Å²) in [5.74, 6) is -1.56. The normalized spacial score (nSPS) is 13.0. The Kier molecular flexibility index (Phi) is 9.29. The van der Waals surface area contributed by atoms with Crippen LogP contribution >= 0.6 is 0 Å². The van der Waals surface area contributed by atoms with Gasteiger partial charge in [0.05, 0.1) is 6.61 Å². The number of ether oxygens (including phenoxy) is 1. The molecule has 0 aliphatic carbocycles. The molecule has 3 N–H and O–H groups in total. The summed E-state index contributed by atoms with van der Waals surface area (Å²) in [6, 6.07) is 6.72. The number of rotatable bonds is 10. The lowest BCUT2D eigenvalue weighted by atomic mass is 10.0. The number of ketones is 1. The van der Waals surface area contributed by atoms with Crippen LogP contribution in [0.4, 0.5) is 9.18 Å². The third-order valence-electron chi connectivity index (χ3n) is 3.55. The van der Waals surface area contributed by atoms with E-state index < -0.39 is 43.1 Å². The molecule has 0 saturated carbocycles. The summed E-state index contributed by atoms with van der Waals surface area (Å²) in [5, 5.41) is 13.8. The van der Waals surface area contributed by atoms with E-state index in [-0.39, 0.29) is 18.9 Å². The number of halogens is 1. The minimum Gasteiger partial charge on any atom is -0.445 e. The summed E-state index contributed by atoms with van der Waals surface area (Å²) in [6.07, 6.45) is -0.499. The number of amides is 2. The number of Topliss-reactive ketones (excluding diaryl/α,β-unsaturated/α-hetero) is 1. The Hall–Kier alpha value is -2.48. The lowest BCUT2D eigenvalue weighted by molar-refractivity contribution is -0.130. The zero-order valence-electron chi connectivity index (χ0n) is 14.9. The largest absolute Gasteiger partial charge is 0.445 e. The van der Waals surface area contributed by atoms with Crippen LogP contribution in [0.15, 0.2) is 30.3 Å². The van der Waals surface area contributed by atoms with Gasteiger partial charge in [0.25, 0.3) is 0 Å². The van der Waals surface area contributed by atoms with Crippen molar-refractivity contribution in [1.29, 1.82) is 0 Å². The predicted octanol–water partition coefficient (Wildman–Crippen LogP) is 1.34. The van der Waals surface area contributed by atoms with Crippen molar-refractivity contribution >= 4 is 17.8 Å². The fourth-order valence-electron chi connectivity index (χ4n) is 2.20. The Morgan fingerprint density at radius 3 is 2.31 bits per heavy atom. The van der Waals surface area contributed by atoms with Gasteiger partial charge in [-0.05, 0) is 17.9 Å². The second kappa shape index (κ2) is 11.2. The molecule has 0 radical (unpaired) electrons. The highest BCUT2D eigenvalue weighted by molar-refractivity contribution is 5.92. The predicted molar refractivity (Wildman–Crippen MR) is 93.0 cm³/mol. The molecular formula is C18H25FN2O5. The molecule has 2 atom stereocenters. The number of aliphatic hydroxyl groups excluding tert-OH is 1. The number of nitrogens with one attached hydrogen (secondary N) is 2. The standard InChI is InChI=1S/C18H25FN2O5/c1-12(2)8-14(17(24)20-15(10-22)16(23)9-19)21-18(25)26-11-13-6-4-3-5-7-13/h3-7,12,14-15,22H,8-11H2,1-2H3,(H,20,24)(H,21,25)/t14-,15+/m0/s1. The van der Waals surface area contributed by atoms with Crippen molar-refractivity contribution in [2.24, 2.45) is 5.92 Å². The van der Waals surface area contributed by atoms with E-state index >= 15 is 0 Å². The van der Waals surface area contributed by atoms with Crippen molar-refractivity contribution in [3.63, 3.8) is 0 Å². The second-order valence-corrected chi connectivity index (χ2v) is 6.23. The molecule has 1 aromatic carbocycles. The van der Waals surface area contributed by atoms with Crippen molar-refractivity contribution in [2.75, 3.05) is 13.3 Å². The van der Waals surface area contributed by atoms with Crippen LogP contribution in [0, 0.1) is 5.92 Å². The van der Waals surface area contributed by atoms with Crippen molar-refractivity contribution in [2.45, 2.75) is 39.0 Å². The number of hydrogen-bond donors (Lipinski definition) is 3. The van der Waals surface area contributed by atoms with E-state index in [0.717, 1.165) is 5.56 Å². The van der Waals surface area contributed by atoms with E-state index in [9.17, 15) is 18.8 Å². The topological polar surface area (TPSA) is 105 Å². The summed E-state index contributed by atoms with van der Waals surface area (Å²) < 4.78 is 17.5. The van der Waals surface area contributed by atoms with Gasteiger partial charge >= 0.3 is 6.09 Å². The van der Waals surface area contributed by atoms with E-state index in [2.05, 4.69) is 10.6 Å². The molecule has 8 heteroatoms. The first kappa shape index (κ1) is 21.6. The monoisotopic (exact) mass is 368 g/mol. The van der Waals surface area contributed by atoms with Crippen LogP contribution in [0.1, 0.15) is 25.8 Å². The van der Waals surface area contributed by atoms with Crippen LogP contribution < -0.4 is 10.6 Å². The molecule has 0 aromatic heterocycles. The number of hydrogen-bond acceptors (Lipinski definition) is 5. The lowest BCUT2D eigenvalue weighted by Gasteiger charge is -2.22. The number of carbonyl (C=O) groups is 3. The van der Waals surface area contributed by atoms with Crippen molar-refractivity contribution < 1.29 is 28.6 Å². The van der Waals surface area contributed by atoms with Crippen molar-refractivity contribution in [3.8, 4) is 0 Å². The number of alkyl carbamates (subject to hydrolysis) is 1. The third kappa shape index (κ3) is 7.60. The molecule has 1 aromatic rings. The molecule has 0 unspecified atom stereocenters. The molecular weight excluding hydrogens is 343 g/mol. The minimum atomic E-state index is -1.34. The number of aliphatic hydroxyl groups is 1. The van der Waals surface area contributed by atoms with Gasteiger partial charge in [0.2, 0.25) is 5.91 Å². The summed E-state index contributed by atoms with van der Waals surface area (Å²) in [5.41, 5.74) is 0.793. The Morgan fingerprint density at radius 1 is 1.12 bits per heavy atom. The Balaban J connectivity index is 2.65. The Bertz CT molecular complexity index is 595. The van der Waals surface area contributed by atoms with Gasteiger partial charge in [-0.2, -0.15) is 0 Å². The first-order valence-corrected chi connectivity index (χ1v) is 8.34. The minimum absolute atomic E-state index is 0.0439. The molecule has 26 heavy (non-hydrogen) atoms. The summed E-state index contributed by atoms with van der Waals surface area (Å²) >= 11 is 0. The average Bonchev–Trinajstić information content (AvgIpc) is 2.63. The van der Waals surface area contributed by atoms with E-state index in [1.165, 1.54) is 0 Å². The molecule has 144 valence electrons. The average molecular weight is 368 g/mol. The van der Waals surface area contributed by atoms with Crippen LogP contribution in [0.5, 0.6) is 0 Å².